The number of hydrogen-bond donors (Lipinski definition) is 9. The molecule has 49 heavy (non-hydrogen) atoms. The van der Waals surface area contributed by atoms with Crippen LogP contribution in [0.5, 0.6) is 0 Å². The summed E-state index contributed by atoms with van der Waals surface area (Å²) in [4.78, 5) is 108. The Bertz CT molecular complexity index is 1540. The largest absolute Gasteiger partial charge is 0.481 e. The fourth-order valence-corrected chi connectivity index (χ4v) is 5.42. The molecule has 0 saturated carbocycles. The second-order valence-electron chi connectivity index (χ2n) is 10.8. The standard InChI is InChI=1S/C29H40N10O9S/c1-14(40)35-19(13-22(31)42)27(48)38-18(9-11-23(43)44)26(47)37-17(8-10-21(30)41)25(46)36-16(6-4-12-34-29(32)33)24(45)28-39-15-5-2-3-7-20(15)49-28/h2-3,5,7,16-19H,4,6,8-13H2,1H3,(H2,30,41)(H2,31,42)(H,35,40)(H,36,46)(H,37,47)(H,38,48)(H,43,44)(H4,32,33,34)/t16?,17-,18-,19-/m0/s1. The van der Waals surface area contributed by atoms with E-state index in [-0.39, 0.29) is 43.2 Å². The quantitative estimate of drug-likeness (QED) is 0.0282. The summed E-state index contributed by atoms with van der Waals surface area (Å²) in [5, 5.41) is 18.8. The molecule has 0 spiro atoms. The molecule has 266 valence electrons. The lowest BCUT2D eigenvalue weighted by atomic mass is 10.0. The highest BCUT2D eigenvalue weighted by molar-refractivity contribution is 7.20. The van der Waals surface area contributed by atoms with Gasteiger partial charge in [-0.1, -0.05) is 12.1 Å². The Morgan fingerprint density at radius 3 is 1.88 bits per heavy atom. The van der Waals surface area contributed by atoms with Gasteiger partial charge in [0.05, 0.1) is 22.7 Å². The molecule has 0 saturated heterocycles. The van der Waals surface area contributed by atoms with Gasteiger partial charge in [0.1, 0.15) is 18.1 Å². The number of carboxylic acids is 1. The molecule has 2 aromatic rings. The van der Waals surface area contributed by atoms with Gasteiger partial charge in [-0.3, -0.25) is 43.3 Å². The third kappa shape index (κ3) is 13.9. The Kier molecular flexibility index (Phi) is 15.5. The Morgan fingerprint density at radius 1 is 0.776 bits per heavy atom. The summed E-state index contributed by atoms with van der Waals surface area (Å²) >= 11 is 1.11. The van der Waals surface area contributed by atoms with Crippen LogP contribution in [0.1, 0.15) is 61.7 Å². The molecule has 0 bridgehead atoms. The number of nitrogens with zero attached hydrogens (tertiary/aromatic N) is 2. The highest BCUT2D eigenvalue weighted by atomic mass is 32.1. The van der Waals surface area contributed by atoms with Gasteiger partial charge in [-0.05, 0) is 37.8 Å². The Balaban J connectivity index is 2.35. The van der Waals surface area contributed by atoms with Gasteiger partial charge >= 0.3 is 5.97 Å². The molecule has 0 fully saturated rings. The van der Waals surface area contributed by atoms with E-state index in [0.29, 0.717) is 5.52 Å². The Labute approximate surface area is 284 Å². The van der Waals surface area contributed by atoms with E-state index in [1.807, 2.05) is 0 Å². The molecule has 0 aliphatic heterocycles. The second-order valence-corrected chi connectivity index (χ2v) is 11.9. The number of guanidine groups is 1. The molecular formula is C29H40N10O9S. The van der Waals surface area contributed by atoms with Gasteiger partial charge in [-0.2, -0.15) is 0 Å². The number of carbonyl (C=O) groups is 8. The summed E-state index contributed by atoms with van der Waals surface area (Å²) in [6.07, 6.45) is -2.12. The average Bonchev–Trinajstić information content (AvgIpc) is 3.45. The number of aliphatic carboxylic acids is 1. The SMILES string of the molecule is CC(=O)N[C@@H](CC(N)=O)C(=O)N[C@@H](CCC(=O)O)C(=O)N[C@@H](CCC(N)=O)C(=O)NC(CCCN=C(N)N)C(=O)c1nc2ccccc2s1. The minimum atomic E-state index is -1.59. The first kappa shape index (κ1) is 39.5. The maximum Gasteiger partial charge on any atom is 0.303 e. The zero-order valence-electron chi connectivity index (χ0n) is 26.6. The van der Waals surface area contributed by atoms with Gasteiger partial charge in [0.2, 0.25) is 41.2 Å². The number of para-hydroxylation sites is 1. The van der Waals surface area contributed by atoms with Crippen molar-refractivity contribution in [3.05, 3.63) is 29.3 Å². The van der Waals surface area contributed by atoms with Crippen molar-refractivity contribution >= 4 is 74.7 Å². The van der Waals surface area contributed by atoms with Crippen molar-refractivity contribution in [3.8, 4) is 0 Å². The molecule has 1 unspecified atom stereocenters. The number of hydrogen-bond acceptors (Lipinski definition) is 11. The van der Waals surface area contributed by atoms with E-state index in [9.17, 15) is 43.5 Å². The normalized spacial score (nSPS) is 13.2. The first-order valence-corrected chi connectivity index (χ1v) is 15.8. The molecule has 1 heterocycles. The van der Waals surface area contributed by atoms with E-state index in [1.54, 1.807) is 24.3 Å². The van der Waals surface area contributed by atoms with E-state index in [0.717, 1.165) is 23.0 Å². The summed E-state index contributed by atoms with van der Waals surface area (Å²) in [6.45, 7) is 1.21. The fraction of sp³-hybridized carbons (Fsp3) is 0.448. The number of thiazole rings is 1. The van der Waals surface area contributed by atoms with Gasteiger partial charge < -0.3 is 49.3 Å². The maximum absolute atomic E-state index is 13.6. The third-order valence-electron chi connectivity index (χ3n) is 6.77. The van der Waals surface area contributed by atoms with Crippen molar-refractivity contribution in [2.24, 2.45) is 27.9 Å². The molecule has 0 radical (unpaired) electrons. The van der Waals surface area contributed by atoms with Crippen molar-refractivity contribution in [1.29, 1.82) is 0 Å². The van der Waals surface area contributed by atoms with Gasteiger partial charge in [0, 0.05) is 26.3 Å². The number of benzene rings is 1. The highest BCUT2D eigenvalue weighted by Gasteiger charge is 2.33. The molecule has 13 N–H and O–H groups in total. The van der Waals surface area contributed by atoms with E-state index in [1.165, 1.54) is 0 Å². The zero-order chi connectivity index (χ0) is 36.7. The van der Waals surface area contributed by atoms with Crippen molar-refractivity contribution in [2.75, 3.05) is 6.54 Å². The smallest absolute Gasteiger partial charge is 0.303 e. The lowest BCUT2D eigenvalue weighted by molar-refractivity contribution is -0.138. The van der Waals surface area contributed by atoms with Crippen LogP contribution in [0.3, 0.4) is 0 Å². The van der Waals surface area contributed by atoms with Crippen LogP contribution in [0.15, 0.2) is 29.3 Å². The summed E-state index contributed by atoms with van der Waals surface area (Å²) in [5.74, 6) is -7.44. The lowest BCUT2D eigenvalue weighted by Crippen LogP contribution is -2.58. The predicted octanol–water partition coefficient (Wildman–Crippen LogP) is -2.50. The minimum Gasteiger partial charge on any atom is -0.481 e. The van der Waals surface area contributed by atoms with Crippen molar-refractivity contribution < 1.29 is 43.5 Å². The Morgan fingerprint density at radius 2 is 1.35 bits per heavy atom. The van der Waals surface area contributed by atoms with Crippen LogP contribution in [-0.2, 0) is 33.6 Å². The summed E-state index contributed by atoms with van der Waals surface area (Å²) < 4.78 is 0.731. The van der Waals surface area contributed by atoms with Gasteiger partial charge in [0.15, 0.2) is 11.0 Å². The van der Waals surface area contributed by atoms with Crippen LogP contribution < -0.4 is 44.2 Å². The van der Waals surface area contributed by atoms with Crippen molar-refractivity contribution in [3.63, 3.8) is 0 Å². The van der Waals surface area contributed by atoms with Crippen LogP contribution >= 0.6 is 11.3 Å². The number of fused-ring (bicyclic) bond motifs is 1. The fourth-order valence-electron chi connectivity index (χ4n) is 4.46. The van der Waals surface area contributed by atoms with Gasteiger partial charge in [-0.15, -0.1) is 11.3 Å². The third-order valence-corrected chi connectivity index (χ3v) is 7.83. The van der Waals surface area contributed by atoms with Crippen molar-refractivity contribution in [1.82, 2.24) is 26.3 Å². The van der Waals surface area contributed by atoms with E-state index < -0.39 is 90.6 Å². The number of carbonyl (C=O) groups excluding carboxylic acids is 7. The Hall–Kier alpha value is -5.66. The molecule has 19 nitrogen and oxygen atoms in total. The number of nitrogens with one attached hydrogen (secondary N) is 4. The molecule has 20 heteroatoms. The number of amides is 6. The lowest BCUT2D eigenvalue weighted by Gasteiger charge is -2.26. The van der Waals surface area contributed by atoms with E-state index in [2.05, 4.69) is 31.2 Å². The molecule has 1 aromatic carbocycles. The summed E-state index contributed by atoms with van der Waals surface area (Å²) in [7, 11) is 0. The topological polar surface area (TPSA) is 334 Å². The molecule has 4 atom stereocenters. The summed E-state index contributed by atoms with van der Waals surface area (Å²) in [5.41, 5.74) is 21.8. The zero-order valence-corrected chi connectivity index (χ0v) is 27.4. The minimum absolute atomic E-state index is 0.0511. The average molecular weight is 705 g/mol. The monoisotopic (exact) mass is 704 g/mol. The highest BCUT2D eigenvalue weighted by Crippen LogP contribution is 2.23. The number of aromatic nitrogens is 1. The molecule has 0 aliphatic rings. The molecular weight excluding hydrogens is 664 g/mol. The van der Waals surface area contributed by atoms with Crippen LogP contribution in [0, 0.1) is 0 Å². The number of aliphatic imine (C=N–C) groups is 1. The first-order valence-electron chi connectivity index (χ1n) is 15.0. The number of ketones is 1. The van der Waals surface area contributed by atoms with Gasteiger partial charge in [-0.25, -0.2) is 4.98 Å². The number of nitrogens with two attached hydrogens (primary N) is 4. The van der Waals surface area contributed by atoms with E-state index in [4.69, 9.17) is 22.9 Å². The predicted molar refractivity (Wildman–Crippen MR) is 176 cm³/mol. The number of rotatable bonds is 21. The molecule has 1 aromatic heterocycles. The van der Waals surface area contributed by atoms with Crippen molar-refractivity contribution in [2.45, 2.75) is 76.0 Å². The van der Waals surface area contributed by atoms with Crippen LogP contribution in [0.2, 0.25) is 0 Å². The first-order chi connectivity index (χ1) is 23.1. The second kappa shape index (κ2) is 19.2. The van der Waals surface area contributed by atoms with Crippen LogP contribution in [-0.4, -0.2) is 94.0 Å². The summed E-state index contributed by atoms with van der Waals surface area (Å²) in [6, 6.07) is 1.27. The number of primary amides is 2. The maximum atomic E-state index is 13.6. The molecule has 0 aliphatic carbocycles. The molecule has 6 amide bonds. The van der Waals surface area contributed by atoms with Gasteiger partial charge in [0.25, 0.3) is 0 Å². The van der Waals surface area contributed by atoms with Crippen LogP contribution in [0.25, 0.3) is 10.2 Å². The van der Waals surface area contributed by atoms with E-state index >= 15 is 0 Å². The van der Waals surface area contributed by atoms with Crippen LogP contribution in [0.4, 0.5) is 0 Å². The molecule has 2 rings (SSSR count). The number of carboxylic acid groups (broad SMARTS) is 1. The number of Topliss-reactive ketones (excluding diaryl/α,β-unsaturated/α-hetero) is 1.